The number of ether oxygens (including phenoxy) is 2. The first kappa shape index (κ1) is 22.2. The number of unbranched alkanes of at least 4 members (excludes halogenated alkanes) is 3. The number of hydrogen-bond acceptors (Lipinski definition) is 5. The van der Waals surface area contributed by atoms with E-state index in [1.807, 2.05) is 0 Å². The maximum atomic E-state index is 11.8. The van der Waals surface area contributed by atoms with E-state index in [9.17, 15) is 4.79 Å². The summed E-state index contributed by atoms with van der Waals surface area (Å²) in [5.41, 5.74) is 0. The van der Waals surface area contributed by atoms with Crippen LogP contribution in [-0.4, -0.2) is 55.1 Å². The van der Waals surface area contributed by atoms with Crippen molar-refractivity contribution in [3.05, 3.63) is 0 Å². The van der Waals surface area contributed by atoms with Crippen LogP contribution in [-0.2, 0) is 9.47 Å². The number of carbonyl (C=O) groups is 1. The summed E-state index contributed by atoms with van der Waals surface area (Å²) in [6, 6.07) is 0. The van der Waals surface area contributed by atoms with Crippen molar-refractivity contribution in [1.82, 2.24) is 4.90 Å². The second-order valence-electron chi connectivity index (χ2n) is 5.93. The zero-order valence-corrected chi connectivity index (χ0v) is 15.4. The molecule has 0 amide bonds. The van der Waals surface area contributed by atoms with Crippen LogP contribution in [0.5, 0.6) is 0 Å². The summed E-state index contributed by atoms with van der Waals surface area (Å²) < 4.78 is 10.6. The Bertz CT molecular complexity index is 270. The van der Waals surface area contributed by atoms with Crippen LogP contribution in [0, 0.1) is 0 Å². The highest BCUT2D eigenvalue weighted by Gasteiger charge is 2.15. The zero-order chi connectivity index (χ0) is 17.3. The van der Waals surface area contributed by atoms with Gasteiger partial charge in [0.05, 0.1) is 6.61 Å². The van der Waals surface area contributed by atoms with Gasteiger partial charge in [0.15, 0.2) is 0 Å². The molecule has 5 heteroatoms. The largest absolute Gasteiger partial charge is 0.508 e. The van der Waals surface area contributed by atoms with Crippen molar-refractivity contribution in [3.8, 4) is 0 Å². The lowest BCUT2D eigenvalue weighted by atomic mass is 10.1. The number of nitrogens with zero attached hydrogens (tertiary/aromatic N) is 1. The molecule has 1 atom stereocenters. The molecule has 1 unspecified atom stereocenters. The van der Waals surface area contributed by atoms with Gasteiger partial charge in [-0.3, -0.25) is 0 Å². The van der Waals surface area contributed by atoms with Crippen molar-refractivity contribution in [2.24, 2.45) is 0 Å². The molecule has 0 fully saturated rings. The van der Waals surface area contributed by atoms with Gasteiger partial charge in [0.1, 0.15) is 6.10 Å². The third kappa shape index (κ3) is 13.3. The number of hydrogen-bond donors (Lipinski definition) is 1. The Balaban J connectivity index is 3.91. The highest BCUT2D eigenvalue weighted by Crippen LogP contribution is 2.14. The molecular formula is C18H37NO4. The first-order chi connectivity index (χ1) is 11.2. The molecule has 0 saturated carbocycles. The summed E-state index contributed by atoms with van der Waals surface area (Å²) in [6.07, 6.45) is 6.97. The molecule has 0 aliphatic rings. The Kier molecular flexibility index (Phi) is 15.5. The maximum Gasteiger partial charge on any atom is 0.508 e. The molecule has 0 aliphatic heterocycles. The third-order valence-electron chi connectivity index (χ3n) is 4.06. The van der Waals surface area contributed by atoms with Crippen molar-refractivity contribution in [2.45, 2.75) is 78.2 Å². The van der Waals surface area contributed by atoms with E-state index in [0.717, 1.165) is 45.3 Å². The first-order valence-electron chi connectivity index (χ1n) is 9.34. The molecule has 0 spiro atoms. The zero-order valence-electron chi connectivity index (χ0n) is 15.4. The second kappa shape index (κ2) is 16.1. The summed E-state index contributed by atoms with van der Waals surface area (Å²) >= 11 is 0. The monoisotopic (exact) mass is 331 g/mol. The Morgan fingerprint density at radius 3 is 2.30 bits per heavy atom. The predicted octanol–water partition coefficient (Wildman–Crippen LogP) is 3.98. The summed E-state index contributed by atoms with van der Waals surface area (Å²) in [5, 5.41) is 8.95. The average Bonchev–Trinajstić information content (AvgIpc) is 2.56. The number of rotatable bonds is 15. The van der Waals surface area contributed by atoms with E-state index in [2.05, 4.69) is 25.7 Å². The normalized spacial score (nSPS) is 12.4. The Morgan fingerprint density at radius 2 is 1.70 bits per heavy atom. The highest BCUT2D eigenvalue weighted by molar-refractivity contribution is 5.60. The van der Waals surface area contributed by atoms with Gasteiger partial charge in [-0.05, 0) is 45.2 Å². The second-order valence-corrected chi connectivity index (χ2v) is 5.93. The Morgan fingerprint density at radius 1 is 1.00 bits per heavy atom. The van der Waals surface area contributed by atoms with Gasteiger partial charge in [-0.15, -0.1) is 0 Å². The minimum atomic E-state index is -0.567. The molecule has 0 aromatic carbocycles. The fourth-order valence-corrected chi connectivity index (χ4v) is 2.53. The summed E-state index contributed by atoms with van der Waals surface area (Å²) in [4.78, 5) is 14.1. The quantitative estimate of drug-likeness (QED) is 0.363. The third-order valence-corrected chi connectivity index (χ3v) is 4.06. The molecule has 0 aromatic heterocycles. The van der Waals surface area contributed by atoms with E-state index in [0.29, 0.717) is 19.4 Å². The standard InChI is InChI=1S/C18H37NO4/c1-4-7-8-9-12-17(13-10-15-20)23-18(21)22-16-11-14-19(5-2)6-3/h17,20H,4-16H2,1-3H3. The van der Waals surface area contributed by atoms with Crippen LogP contribution in [0.4, 0.5) is 4.79 Å². The lowest BCUT2D eigenvalue weighted by Crippen LogP contribution is -2.25. The number of aliphatic hydroxyl groups is 1. The highest BCUT2D eigenvalue weighted by atomic mass is 16.7. The van der Waals surface area contributed by atoms with E-state index in [-0.39, 0.29) is 12.7 Å². The van der Waals surface area contributed by atoms with E-state index in [4.69, 9.17) is 14.6 Å². The van der Waals surface area contributed by atoms with Gasteiger partial charge in [0.2, 0.25) is 0 Å². The predicted molar refractivity (Wildman–Crippen MR) is 93.7 cm³/mol. The molecule has 0 rings (SSSR count). The molecule has 0 saturated heterocycles. The van der Waals surface area contributed by atoms with Crippen LogP contribution in [0.3, 0.4) is 0 Å². The Labute approximate surface area is 142 Å². The number of aliphatic hydroxyl groups excluding tert-OH is 1. The summed E-state index contributed by atoms with van der Waals surface area (Å²) in [7, 11) is 0. The SMILES string of the molecule is CCCCCCC(CCCO)OC(=O)OCCCN(CC)CC. The average molecular weight is 331 g/mol. The molecule has 0 aliphatic carbocycles. The van der Waals surface area contributed by atoms with Gasteiger partial charge in [-0.25, -0.2) is 4.79 Å². The molecule has 0 heterocycles. The van der Waals surface area contributed by atoms with Gasteiger partial charge in [0.25, 0.3) is 0 Å². The number of carbonyl (C=O) groups excluding carboxylic acids is 1. The first-order valence-corrected chi connectivity index (χ1v) is 9.34. The fraction of sp³-hybridized carbons (Fsp3) is 0.944. The topological polar surface area (TPSA) is 59.0 Å². The minimum absolute atomic E-state index is 0.130. The molecule has 0 radical (unpaired) electrons. The van der Waals surface area contributed by atoms with Crippen molar-refractivity contribution in [1.29, 1.82) is 0 Å². The van der Waals surface area contributed by atoms with Gasteiger partial charge in [0, 0.05) is 13.2 Å². The maximum absolute atomic E-state index is 11.8. The van der Waals surface area contributed by atoms with Crippen LogP contribution in [0.1, 0.15) is 72.1 Å². The van der Waals surface area contributed by atoms with Crippen LogP contribution in [0.25, 0.3) is 0 Å². The summed E-state index contributed by atoms with van der Waals surface area (Å²) in [5.74, 6) is 0. The molecule has 1 N–H and O–H groups in total. The van der Waals surface area contributed by atoms with E-state index in [1.165, 1.54) is 12.8 Å². The van der Waals surface area contributed by atoms with E-state index < -0.39 is 6.16 Å². The molecule has 138 valence electrons. The smallest absolute Gasteiger partial charge is 0.434 e. The van der Waals surface area contributed by atoms with Gasteiger partial charge >= 0.3 is 6.16 Å². The van der Waals surface area contributed by atoms with Gasteiger partial charge < -0.3 is 19.5 Å². The van der Waals surface area contributed by atoms with Crippen molar-refractivity contribution in [2.75, 3.05) is 32.8 Å². The van der Waals surface area contributed by atoms with Crippen LogP contribution in [0.2, 0.25) is 0 Å². The summed E-state index contributed by atoms with van der Waals surface area (Å²) in [6.45, 7) is 9.93. The molecule has 0 bridgehead atoms. The van der Waals surface area contributed by atoms with Gasteiger partial charge in [-0.1, -0.05) is 40.0 Å². The van der Waals surface area contributed by atoms with Crippen molar-refractivity contribution >= 4 is 6.16 Å². The van der Waals surface area contributed by atoms with Gasteiger partial charge in [-0.2, -0.15) is 0 Å². The molecule has 5 nitrogen and oxygen atoms in total. The molecule has 0 aromatic rings. The van der Waals surface area contributed by atoms with Crippen molar-refractivity contribution in [3.63, 3.8) is 0 Å². The molecular weight excluding hydrogens is 294 g/mol. The van der Waals surface area contributed by atoms with Crippen molar-refractivity contribution < 1.29 is 19.4 Å². The van der Waals surface area contributed by atoms with Crippen LogP contribution in [0.15, 0.2) is 0 Å². The van der Waals surface area contributed by atoms with Crippen LogP contribution < -0.4 is 0 Å². The van der Waals surface area contributed by atoms with E-state index >= 15 is 0 Å². The van der Waals surface area contributed by atoms with E-state index in [1.54, 1.807) is 0 Å². The fourth-order valence-electron chi connectivity index (χ4n) is 2.53. The lowest BCUT2D eigenvalue weighted by molar-refractivity contribution is 0.0134. The Hall–Kier alpha value is -0.810. The molecule has 23 heavy (non-hydrogen) atoms. The lowest BCUT2D eigenvalue weighted by Gasteiger charge is -2.19. The van der Waals surface area contributed by atoms with Crippen LogP contribution >= 0.6 is 0 Å². The minimum Gasteiger partial charge on any atom is -0.434 e.